The van der Waals surface area contributed by atoms with Crippen LogP contribution in [0.15, 0.2) is 35.7 Å². The smallest absolute Gasteiger partial charge is 0.259 e. The van der Waals surface area contributed by atoms with E-state index in [-0.39, 0.29) is 5.91 Å². The Morgan fingerprint density at radius 1 is 1.37 bits per heavy atom. The Morgan fingerprint density at radius 2 is 2.21 bits per heavy atom. The highest BCUT2D eigenvalue weighted by Crippen LogP contribution is 2.25. The van der Waals surface area contributed by atoms with Crippen molar-refractivity contribution >= 4 is 45.5 Å². The zero-order chi connectivity index (χ0) is 13.2. The van der Waals surface area contributed by atoms with E-state index in [1.165, 1.54) is 5.56 Å². The molecule has 1 amide bonds. The fraction of sp³-hybridized carbons (Fsp3) is 0.214. The molecule has 0 unspecified atom stereocenters. The van der Waals surface area contributed by atoms with Crippen LogP contribution in [0.2, 0.25) is 0 Å². The van der Waals surface area contributed by atoms with Gasteiger partial charge in [0, 0.05) is 30.7 Å². The first-order chi connectivity index (χ1) is 9.25. The number of thiophene rings is 1. The van der Waals surface area contributed by atoms with E-state index < -0.39 is 0 Å². The van der Waals surface area contributed by atoms with Gasteiger partial charge in [0.1, 0.15) is 0 Å². The predicted octanol–water partition coefficient (Wildman–Crippen LogP) is 3.10. The summed E-state index contributed by atoms with van der Waals surface area (Å²) in [5.41, 5.74) is 2.99. The quantitative estimate of drug-likeness (QED) is 0.767. The summed E-state index contributed by atoms with van der Waals surface area (Å²) < 4.78 is 1.14. The number of amides is 1. The van der Waals surface area contributed by atoms with E-state index in [9.17, 15) is 4.79 Å². The first-order valence-corrected chi connectivity index (χ1v) is 8.06. The first-order valence-electron chi connectivity index (χ1n) is 6.10. The second-order valence-electron chi connectivity index (χ2n) is 4.40. The molecule has 0 atom stereocenters. The summed E-state index contributed by atoms with van der Waals surface area (Å²) in [6.07, 6.45) is 0. The molecular formula is C14H13IN2OS. The molecule has 0 fully saturated rings. The van der Waals surface area contributed by atoms with Crippen molar-refractivity contribution in [3.63, 3.8) is 0 Å². The molecule has 3 nitrogen and oxygen atoms in total. The van der Waals surface area contributed by atoms with E-state index in [2.05, 4.69) is 34.0 Å². The number of hydrogen-bond donors (Lipinski definition) is 1. The predicted molar refractivity (Wildman–Crippen MR) is 86.9 cm³/mol. The molecule has 98 valence electrons. The number of rotatable bonds is 1. The van der Waals surface area contributed by atoms with Crippen LogP contribution in [0.5, 0.6) is 0 Å². The number of para-hydroxylation sites is 1. The lowest BCUT2D eigenvalue weighted by Gasteiger charge is -2.22. The molecule has 0 radical (unpaired) electrons. The number of nitrogens with zero attached hydrogens (tertiary/aromatic N) is 1. The second-order valence-corrected chi connectivity index (χ2v) is 7.21. The molecule has 0 spiro atoms. The third-order valence-electron chi connectivity index (χ3n) is 3.17. The van der Waals surface area contributed by atoms with Crippen molar-refractivity contribution in [2.45, 2.75) is 6.54 Å². The molecule has 1 aromatic heterocycles. The highest BCUT2D eigenvalue weighted by Gasteiger charge is 2.22. The van der Waals surface area contributed by atoms with Gasteiger partial charge in [0.25, 0.3) is 5.91 Å². The third kappa shape index (κ3) is 2.68. The lowest BCUT2D eigenvalue weighted by molar-refractivity contribution is 0.0988. The zero-order valence-corrected chi connectivity index (χ0v) is 13.2. The van der Waals surface area contributed by atoms with E-state index in [1.807, 2.05) is 34.5 Å². The maximum absolute atomic E-state index is 12.6. The average Bonchev–Trinajstić information content (AvgIpc) is 2.74. The summed E-state index contributed by atoms with van der Waals surface area (Å²) in [7, 11) is 0. The van der Waals surface area contributed by atoms with Crippen LogP contribution in [0.25, 0.3) is 0 Å². The summed E-state index contributed by atoms with van der Waals surface area (Å²) in [4.78, 5) is 14.5. The number of benzene rings is 1. The number of anilines is 1. The van der Waals surface area contributed by atoms with Gasteiger partial charge in [0.2, 0.25) is 0 Å². The highest BCUT2D eigenvalue weighted by molar-refractivity contribution is 14.1. The summed E-state index contributed by atoms with van der Waals surface area (Å²) in [6, 6.07) is 10.1. The Bertz CT molecular complexity index is 611. The lowest BCUT2D eigenvalue weighted by atomic mass is 10.1. The van der Waals surface area contributed by atoms with Crippen LogP contribution in [0.3, 0.4) is 0 Å². The van der Waals surface area contributed by atoms with Crippen LogP contribution < -0.4 is 10.2 Å². The SMILES string of the molecule is O=C(c1csc(I)c1)N1CCNCc2ccccc21. The number of carbonyl (C=O) groups excluding carboxylic acids is 1. The van der Waals surface area contributed by atoms with Gasteiger partial charge in [-0.3, -0.25) is 4.79 Å². The Morgan fingerprint density at radius 3 is 3.00 bits per heavy atom. The Hall–Kier alpha value is -0.920. The molecule has 0 aliphatic carbocycles. The third-order valence-corrected chi connectivity index (χ3v) is 4.96. The van der Waals surface area contributed by atoms with Gasteiger partial charge >= 0.3 is 0 Å². The Balaban J connectivity index is 1.98. The fourth-order valence-corrected chi connectivity index (χ4v) is 3.57. The van der Waals surface area contributed by atoms with Gasteiger partial charge in [-0.1, -0.05) is 18.2 Å². The van der Waals surface area contributed by atoms with Gasteiger partial charge in [-0.15, -0.1) is 11.3 Å². The van der Waals surface area contributed by atoms with Gasteiger partial charge < -0.3 is 10.2 Å². The van der Waals surface area contributed by atoms with E-state index in [0.717, 1.165) is 27.2 Å². The minimum absolute atomic E-state index is 0.0929. The van der Waals surface area contributed by atoms with Crippen LogP contribution in [0, 0.1) is 2.88 Å². The highest BCUT2D eigenvalue weighted by atomic mass is 127. The molecule has 2 heterocycles. The molecule has 3 rings (SSSR count). The molecule has 1 N–H and O–H groups in total. The van der Waals surface area contributed by atoms with E-state index in [4.69, 9.17) is 0 Å². The maximum Gasteiger partial charge on any atom is 0.259 e. The normalized spacial score (nSPS) is 14.9. The van der Waals surface area contributed by atoms with Crippen molar-refractivity contribution in [1.82, 2.24) is 5.32 Å². The Labute approximate surface area is 129 Å². The molecule has 19 heavy (non-hydrogen) atoms. The van der Waals surface area contributed by atoms with Crippen molar-refractivity contribution < 1.29 is 4.79 Å². The molecule has 0 bridgehead atoms. The topological polar surface area (TPSA) is 32.3 Å². The minimum atomic E-state index is 0.0929. The largest absolute Gasteiger partial charge is 0.311 e. The standard InChI is InChI=1S/C14H13IN2OS/c15-13-7-11(9-19-13)14(18)17-6-5-16-8-10-3-1-2-4-12(10)17/h1-4,7,9,16H,5-6,8H2. The molecule has 0 saturated carbocycles. The molecule has 1 aliphatic heterocycles. The fourth-order valence-electron chi connectivity index (χ4n) is 2.25. The molecule has 5 heteroatoms. The van der Waals surface area contributed by atoms with Crippen LogP contribution >= 0.6 is 33.9 Å². The van der Waals surface area contributed by atoms with E-state index in [1.54, 1.807) is 11.3 Å². The van der Waals surface area contributed by atoms with Crippen LogP contribution in [-0.2, 0) is 6.54 Å². The summed E-state index contributed by atoms with van der Waals surface area (Å²) in [6.45, 7) is 2.35. The second kappa shape index (κ2) is 5.60. The van der Waals surface area contributed by atoms with Gasteiger partial charge in [0.15, 0.2) is 0 Å². The summed E-state index contributed by atoms with van der Waals surface area (Å²) in [5.74, 6) is 0.0929. The number of halogens is 1. The van der Waals surface area contributed by atoms with Crippen LogP contribution in [0.1, 0.15) is 15.9 Å². The molecule has 1 aromatic carbocycles. The van der Waals surface area contributed by atoms with Gasteiger partial charge in [0.05, 0.1) is 8.45 Å². The van der Waals surface area contributed by atoms with Crippen LogP contribution in [-0.4, -0.2) is 19.0 Å². The number of fused-ring (bicyclic) bond motifs is 1. The van der Waals surface area contributed by atoms with Gasteiger partial charge in [-0.05, 0) is 40.3 Å². The summed E-state index contributed by atoms with van der Waals surface area (Å²) in [5, 5.41) is 5.29. The van der Waals surface area contributed by atoms with Crippen molar-refractivity contribution in [2.75, 3.05) is 18.0 Å². The molecule has 2 aromatic rings. The maximum atomic E-state index is 12.6. The number of carbonyl (C=O) groups is 1. The lowest BCUT2D eigenvalue weighted by Crippen LogP contribution is -2.34. The number of nitrogens with one attached hydrogen (secondary N) is 1. The van der Waals surface area contributed by atoms with Gasteiger partial charge in [-0.2, -0.15) is 0 Å². The van der Waals surface area contributed by atoms with E-state index in [0.29, 0.717) is 6.54 Å². The summed E-state index contributed by atoms with van der Waals surface area (Å²) >= 11 is 3.85. The van der Waals surface area contributed by atoms with Crippen molar-refractivity contribution in [3.8, 4) is 0 Å². The van der Waals surface area contributed by atoms with E-state index >= 15 is 0 Å². The Kier molecular flexibility index (Phi) is 3.86. The minimum Gasteiger partial charge on any atom is -0.311 e. The van der Waals surface area contributed by atoms with Crippen LogP contribution in [0.4, 0.5) is 5.69 Å². The zero-order valence-electron chi connectivity index (χ0n) is 10.2. The van der Waals surface area contributed by atoms with Crippen molar-refractivity contribution in [1.29, 1.82) is 0 Å². The van der Waals surface area contributed by atoms with Crippen molar-refractivity contribution in [2.24, 2.45) is 0 Å². The number of hydrogen-bond acceptors (Lipinski definition) is 3. The first kappa shape index (κ1) is 13.1. The van der Waals surface area contributed by atoms with Crippen molar-refractivity contribution in [3.05, 3.63) is 49.7 Å². The van der Waals surface area contributed by atoms with Gasteiger partial charge in [-0.25, -0.2) is 0 Å². The molecule has 0 saturated heterocycles. The molecule has 1 aliphatic rings. The average molecular weight is 384 g/mol. The monoisotopic (exact) mass is 384 g/mol. The molecular weight excluding hydrogens is 371 g/mol.